The van der Waals surface area contributed by atoms with Crippen molar-refractivity contribution in [2.24, 2.45) is 7.05 Å². The van der Waals surface area contributed by atoms with E-state index in [0.29, 0.717) is 13.0 Å². The van der Waals surface area contributed by atoms with E-state index in [1.165, 1.54) is 0 Å². The van der Waals surface area contributed by atoms with Crippen LogP contribution < -0.4 is 5.32 Å². The maximum Gasteiger partial charge on any atom is 0.248 e. The van der Waals surface area contributed by atoms with Gasteiger partial charge in [0.1, 0.15) is 12.0 Å². The van der Waals surface area contributed by atoms with E-state index in [4.69, 9.17) is 0 Å². The van der Waals surface area contributed by atoms with Gasteiger partial charge in [-0.25, -0.2) is 0 Å². The highest BCUT2D eigenvalue weighted by Gasteiger charge is 2.59. The second-order valence-corrected chi connectivity index (χ2v) is 6.32. The summed E-state index contributed by atoms with van der Waals surface area (Å²) in [5, 5.41) is 16.5. The average Bonchev–Trinajstić information content (AvgIpc) is 3.25. The maximum atomic E-state index is 13.0. The van der Waals surface area contributed by atoms with Crippen molar-refractivity contribution in [1.82, 2.24) is 14.7 Å². The topological polar surface area (TPSA) is 87.5 Å². The van der Waals surface area contributed by atoms with Gasteiger partial charge in [-0.3, -0.25) is 14.3 Å². The number of aliphatic hydroxyl groups is 1. The molecule has 4 rings (SSSR count). The SMILES string of the molecule is Cn1cc(C2N(C(=O)CO)CCC23C(=O)Nc2ccccc23)cn1. The van der Waals surface area contributed by atoms with Crippen molar-refractivity contribution >= 4 is 17.5 Å². The number of nitrogens with one attached hydrogen (secondary N) is 1. The summed E-state index contributed by atoms with van der Waals surface area (Å²) in [4.78, 5) is 26.8. The Labute approximate surface area is 138 Å². The zero-order chi connectivity index (χ0) is 16.9. The van der Waals surface area contributed by atoms with Gasteiger partial charge in [0.25, 0.3) is 0 Å². The van der Waals surface area contributed by atoms with Crippen LogP contribution in [0.3, 0.4) is 0 Å². The van der Waals surface area contributed by atoms with Crippen LogP contribution in [-0.4, -0.2) is 44.8 Å². The van der Waals surface area contributed by atoms with Crippen molar-refractivity contribution in [3.05, 3.63) is 47.8 Å². The van der Waals surface area contributed by atoms with E-state index < -0.39 is 18.1 Å². The Bertz CT molecular complexity index is 831. The molecule has 1 aromatic carbocycles. The molecule has 2 atom stereocenters. The average molecular weight is 326 g/mol. The molecule has 7 nitrogen and oxygen atoms in total. The number of aryl methyl sites for hydroxylation is 1. The van der Waals surface area contributed by atoms with E-state index in [1.807, 2.05) is 30.5 Å². The normalized spacial score (nSPS) is 25.2. The Kier molecular flexibility index (Phi) is 3.21. The minimum atomic E-state index is -0.843. The molecule has 0 aliphatic carbocycles. The Morgan fingerprint density at radius 2 is 2.25 bits per heavy atom. The standard InChI is InChI=1S/C17H18N4O3/c1-20-9-11(8-18-20)15-17(6-7-21(15)14(23)10-22)12-4-2-3-5-13(12)19-16(17)24/h2-5,8-9,15,22H,6-7,10H2,1H3,(H,19,24). The van der Waals surface area contributed by atoms with Crippen molar-refractivity contribution in [3.8, 4) is 0 Å². The van der Waals surface area contributed by atoms with Crippen molar-refractivity contribution in [1.29, 1.82) is 0 Å². The molecule has 124 valence electrons. The largest absolute Gasteiger partial charge is 0.387 e. The maximum absolute atomic E-state index is 13.0. The number of para-hydroxylation sites is 1. The quantitative estimate of drug-likeness (QED) is 0.845. The summed E-state index contributed by atoms with van der Waals surface area (Å²) in [6.45, 7) is -0.156. The number of carbonyl (C=O) groups excluding carboxylic acids is 2. The van der Waals surface area contributed by atoms with Crippen molar-refractivity contribution < 1.29 is 14.7 Å². The molecule has 2 amide bonds. The lowest BCUT2D eigenvalue weighted by Gasteiger charge is -2.33. The molecular weight excluding hydrogens is 308 g/mol. The van der Waals surface area contributed by atoms with E-state index >= 15 is 0 Å². The molecule has 2 N–H and O–H groups in total. The van der Waals surface area contributed by atoms with E-state index in [2.05, 4.69) is 10.4 Å². The van der Waals surface area contributed by atoms with Gasteiger partial charge in [0.15, 0.2) is 0 Å². The molecule has 0 bridgehead atoms. The molecule has 1 spiro atoms. The molecule has 0 radical (unpaired) electrons. The van der Waals surface area contributed by atoms with Crippen molar-refractivity contribution in [2.45, 2.75) is 17.9 Å². The zero-order valence-corrected chi connectivity index (χ0v) is 13.3. The number of aliphatic hydroxyl groups excluding tert-OH is 1. The number of hydrogen-bond donors (Lipinski definition) is 2. The number of anilines is 1. The van der Waals surface area contributed by atoms with E-state index in [0.717, 1.165) is 16.8 Å². The highest BCUT2D eigenvalue weighted by Crippen LogP contribution is 2.54. The third-order valence-corrected chi connectivity index (χ3v) is 5.08. The van der Waals surface area contributed by atoms with Crippen LogP contribution >= 0.6 is 0 Å². The smallest absolute Gasteiger partial charge is 0.248 e. The van der Waals surface area contributed by atoms with Gasteiger partial charge < -0.3 is 15.3 Å². The summed E-state index contributed by atoms with van der Waals surface area (Å²) >= 11 is 0. The minimum absolute atomic E-state index is 0.106. The fraction of sp³-hybridized carbons (Fsp3) is 0.353. The number of benzene rings is 1. The molecule has 2 aliphatic rings. The Balaban J connectivity index is 1.91. The zero-order valence-electron chi connectivity index (χ0n) is 13.3. The molecule has 3 heterocycles. The number of fused-ring (bicyclic) bond motifs is 2. The van der Waals surface area contributed by atoms with Gasteiger partial charge in [-0.05, 0) is 18.1 Å². The second-order valence-electron chi connectivity index (χ2n) is 6.32. The monoisotopic (exact) mass is 326 g/mol. The van der Waals surface area contributed by atoms with Crippen LogP contribution in [0.15, 0.2) is 36.7 Å². The summed E-state index contributed by atoms with van der Waals surface area (Å²) in [6.07, 6.45) is 4.02. The fourth-order valence-electron chi connectivity index (χ4n) is 4.09. The number of amides is 2. The summed E-state index contributed by atoms with van der Waals surface area (Å²) in [5.41, 5.74) is 1.64. The Morgan fingerprint density at radius 3 is 2.96 bits per heavy atom. The molecule has 2 unspecified atom stereocenters. The van der Waals surface area contributed by atoms with Crippen LogP contribution in [0.1, 0.15) is 23.6 Å². The van der Waals surface area contributed by atoms with Crippen molar-refractivity contribution in [2.75, 3.05) is 18.5 Å². The predicted octanol–water partition coefficient (Wildman–Crippen LogP) is 0.576. The number of likely N-dealkylation sites (tertiary alicyclic amines) is 1. The highest BCUT2D eigenvalue weighted by atomic mass is 16.3. The molecule has 2 aromatic rings. The van der Waals surface area contributed by atoms with Gasteiger partial charge in [-0.1, -0.05) is 18.2 Å². The van der Waals surface area contributed by atoms with Crippen LogP contribution in [0.4, 0.5) is 5.69 Å². The minimum Gasteiger partial charge on any atom is -0.387 e. The predicted molar refractivity (Wildman–Crippen MR) is 86.1 cm³/mol. The summed E-state index contributed by atoms with van der Waals surface area (Å²) in [6, 6.07) is 7.11. The van der Waals surface area contributed by atoms with Crippen LogP contribution in [0, 0.1) is 0 Å². The Hall–Kier alpha value is -2.67. The first-order valence-corrected chi connectivity index (χ1v) is 7.88. The van der Waals surface area contributed by atoms with Crippen LogP contribution in [0.2, 0.25) is 0 Å². The van der Waals surface area contributed by atoms with Gasteiger partial charge in [0.2, 0.25) is 11.8 Å². The van der Waals surface area contributed by atoms with Gasteiger partial charge in [-0.2, -0.15) is 5.10 Å². The highest BCUT2D eigenvalue weighted by molar-refractivity contribution is 6.07. The lowest BCUT2D eigenvalue weighted by atomic mass is 9.73. The fourth-order valence-corrected chi connectivity index (χ4v) is 4.09. The van der Waals surface area contributed by atoms with E-state index in [9.17, 15) is 14.7 Å². The first-order valence-electron chi connectivity index (χ1n) is 7.88. The molecule has 0 saturated carbocycles. The summed E-state index contributed by atoms with van der Waals surface area (Å²) in [5.74, 6) is -0.483. The first kappa shape index (κ1) is 14.9. The summed E-state index contributed by atoms with van der Waals surface area (Å²) in [7, 11) is 1.80. The second kappa shape index (κ2) is 5.17. The molecule has 1 saturated heterocycles. The number of aromatic nitrogens is 2. The lowest BCUT2D eigenvalue weighted by molar-refractivity contribution is -0.136. The van der Waals surface area contributed by atoms with Crippen LogP contribution in [-0.2, 0) is 22.1 Å². The van der Waals surface area contributed by atoms with Gasteiger partial charge >= 0.3 is 0 Å². The number of carbonyl (C=O) groups is 2. The van der Waals surface area contributed by atoms with Crippen LogP contribution in [0.5, 0.6) is 0 Å². The van der Waals surface area contributed by atoms with Gasteiger partial charge in [0, 0.05) is 31.0 Å². The van der Waals surface area contributed by atoms with E-state index in [1.54, 1.807) is 22.8 Å². The van der Waals surface area contributed by atoms with Crippen LogP contribution in [0.25, 0.3) is 0 Å². The molecule has 7 heteroatoms. The third kappa shape index (κ3) is 1.85. The van der Waals surface area contributed by atoms with Gasteiger partial charge in [-0.15, -0.1) is 0 Å². The number of hydrogen-bond acceptors (Lipinski definition) is 4. The molecule has 2 aliphatic heterocycles. The van der Waals surface area contributed by atoms with E-state index in [-0.39, 0.29) is 11.8 Å². The lowest BCUT2D eigenvalue weighted by Crippen LogP contribution is -2.43. The third-order valence-electron chi connectivity index (χ3n) is 5.08. The summed E-state index contributed by atoms with van der Waals surface area (Å²) < 4.78 is 1.65. The Morgan fingerprint density at radius 1 is 1.46 bits per heavy atom. The number of rotatable bonds is 2. The molecule has 1 aromatic heterocycles. The number of nitrogens with zero attached hydrogens (tertiary/aromatic N) is 3. The molecule has 24 heavy (non-hydrogen) atoms. The first-order chi connectivity index (χ1) is 11.6. The van der Waals surface area contributed by atoms with Gasteiger partial charge in [0.05, 0.1) is 12.2 Å². The van der Waals surface area contributed by atoms with Crippen molar-refractivity contribution in [3.63, 3.8) is 0 Å². The molecule has 1 fully saturated rings. The molecular formula is C17H18N4O3.